The smallest absolute Gasteiger partial charge is 0.340 e. The molecule has 0 spiro atoms. The van der Waals surface area contributed by atoms with Crippen molar-refractivity contribution in [1.29, 1.82) is 0 Å². The maximum Gasteiger partial charge on any atom is 0.340 e. The quantitative estimate of drug-likeness (QED) is 0.739. The van der Waals surface area contributed by atoms with Crippen LogP contribution in [0, 0.1) is 0 Å². The van der Waals surface area contributed by atoms with Gasteiger partial charge >= 0.3 is 5.97 Å². The van der Waals surface area contributed by atoms with Crippen LogP contribution in [0.15, 0.2) is 38.0 Å². The third-order valence-electron chi connectivity index (χ3n) is 2.48. The SMILES string of the molecule is O=C(O)c1c2ccoc2c(Br)c2ccoc12. The minimum absolute atomic E-state index is 0.131. The Morgan fingerprint density at radius 3 is 2.44 bits per heavy atom. The van der Waals surface area contributed by atoms with Crippen molar-refractivity contribution >= 4 is 43.8 Å². The van der Waals surface area contributed by atoms with Crippen LogP contribution in [0.25, 0.3) is 21.9 Å². The van der Waals surface area contributed by atoms with E-state index in [0.717, 1.165) is 0 Å². The number of benzene rings is 1. The summed E-state index contributed by atoms with van der Waals surface area (Å²) in [6.07, 6.45) is 2.92. The molecule has 4 nitrogen and oxygen atoms in total. The summed E-state index contributed by atoms with van der Waals surface area (Å²) in [6, 6.07) is 3.32. The fourth-order valence-electron chi connectivity index (χ4n) is 1.81. The van der Waals surface area contributed by atoms with E-state index in [4.69, 9.17) is 8.83 Å². The van der Waals surface area contributed by atoms with Gasteiger partial charge in [-0.1, -0.05) is 0 Å². The topological polar surface area (TPSA) is 63.6 Å². The summed E-state index contributed by atoms with van der Waals surface area (Å²) in [5.41, 5.74) is 1.01. The largest absolute Gasteiger partial charge is 0.478 e. The lowest BCUT2D eigenvalue weighted by Gasteiger charge is -2.01. The Balaban J connectivity index is 2.67. The molecule has 0 aliphatic rings. The summed E-state index contributed by atoms with van der Waals surface area (Å²) >= 11 is 3.38. The fraction of sp³-hybridized carbons (Fsp3) is 0. The van der Waals surface area contributed by atoms with Crippen molar-refractivity contribution in [3.05, 3.63) is 34.7 Å². The number of hydrogen-bond acceptors (Lipinski definition) is 3. The van der Waals surface area contributed by atoms with Gasteiger partial charge in [-0.3, -0.25) is 0 Å². The molecule has 3 rings (SSSR count). The van der Waals surface area contributed by atoms with Crippen LogP contribution in [0.4, 0.5) is 0 Å². The maximum atomic E-state index is 11.2. The minimum Gasteiger partial charge on any atom is -0.478 e. The third kappa shape index (κ3) is 1.06. The molecule has 3 aromatic rings. The Bertz CT molecular complexity index is 655. The van der Waals surface area contributed by atoms with Gasteiger partial charge in [0.25, 0.3) is 0 Å². The number of rotatable bonds is 1. The van der Waals surface area contributed by atoms with E-state index >= 15 is 0 Å². The Morgan fingerprint density at radius 1 is 1.12 bits per heavy atom. The number of aromatic carboxylic acids is 1. The van der Waals surface area contributed by atoms with E-state index in [1.165, 1.54) is 12.5 Å². The molecule has 1 N–H and O–H groups in total. The number of furan rings is 2. The van der Waals surface area contributed by atoms with Gasteiger partial charge < -0.3 is 13.9 Å². The van der Waals surface area contributed by atoms with Gasteiger partial charge in [0.2, 0.25) is 0 Å². The molecule has 0 saturated carbocycles. The number of halogens is 1. The first-order valence-corrected chi connectivity index (χ1v) is 5.28. The lowest BCUT2D eigenvalue weighted by atomic mass is 10.1. The fourth-order valence-corrected chi connectivity index (χ4v) is 2.43. The number of carboxylic acid groups (broad SMARTS) is 1. The number of hydrogen-bond donors (Lipinski definition) is 1. The summed E-state index contributed by atoms with van der Waals surface area (Å²) in [4.78, 5) is 11.2. The van der Waals surface area contributed by atoms with Gasteiger partial charge in [0.1, 0.15) is 16.7 Å². The highest BCUT2D eigenvalue weighted by Crippen LogP contribution is 2.37. The van der Waals surface area contributed by atoms with Gasteiger partial charge in [0, 0.05) is 10.8 Å². The maximum absolute atomic E-state index is 11.2. The molecule has 0 amide bonds. The summed E-state index contributed by atoms with van der Waals surface area (Å²) in [5.74, 6) is -1.03. The van der Waals surface area contributed by atoms with E-state index in [0.29, 0.717) is 26.4 Å². The van der Waals surface area contributed by atoms with Gasteiger partial charge in [-0.05, 0) is 28.1 Å². The highest BCUT2D eigenvalue weighted by atomic mass is 79.9. The van der Waals surface area contributed by atoms with E-state index in [1.807, 2.05) is 0 Å². The summed E-state index contributed by atoms with van der Waals surface area (Å²) in [7, 11) is 0. The average Bonchev–Trinajstić information content (AvgIpc) is 2.84. The van der Waals surface area contributed by atoms with Gasteiger partial charge in [0.15, 0.2) is 0 Å². The Morgan fingerprint density at radius 2 is 1.75 bits per heavy atom. The van der Waals surface area contributed by atoms with E-state index < -0.39 is 5.97 Å². The lowest BCUT2D eigenvalue weighted by molar-refractivity contribution is 0.0700. The van der Waals surface area contributed by atoms with Crippen LogP contribution < -0.4 is 0 Å². The van der Waals surface area contributed by atoms with Crippen molar-refractivity contribution in [2.24, 2.45) is 0 Å². The first kappa shape index (κ1) is 9.47. The highest BCUT2D eigenvalue weighted by Gasteiger charge is 2.21. The minimum atomic E-state index is -1.03. The van der Waals surface area contributed by atoms with Crippen LogP contribution in [0.1, 0.15) is 10.4 Å². The molecule has 2 heterocycles. The molecule has 0 fully saturated rings. The van der Waals surface area contributed by atoms with E-state index in [-0.39, 0.29) is 5.56 Å². The van der Waals surface area contributed by atoms with Crippen LogP contribution in [0.3, 0.4) is 0 Å². The molecule has 0 aliphatic heterocycles. The summed E-state index contributed by atoms with van der Waals surface area (Å²) in [6.45, 7) is 0. The van der Waals surface area contributed by atoms with Crippen molar-refractivity contribution in [3.63, 3.8) is 0 Å². The van der Waals surface area contributed by atoms with Crippen LogP contribution in [-0.2, 0) is 0 Å². The molecule has 0 radical (unpaired) electrons. The van der Waals surface area contributed by atoms with Crippen LogP contribution in [0.5, 0.6) is 0 Å². The molecule has 0 unspecified atom stereocenters. The predicted octanol–water partition coefficient (Wildman–Crippen LogP) is 3.64. The van der Waals surface area contributed by atoms with Crippen molar-refractivity contribution in [2.45, 2.75) is 0 Å². The van der Waals surface area contributed by atoms with E-state index in [1.54, 1.807) is 12.1 Å². The zero-order chi connectivity index (χ0) is 11.3. The van der Waals surface area contributed by atoms with Crippen LogP contribution in [0.2, 0.25) is 0 Å². The Labute approximate surface area is 97.6 Å². The Kier molecular flexibility index (Phi) is 1.85. The molecule has 0 aliphatic carbocycles. The molecule has 0 atom stereocenters. The van der Waals surface area contributed by atoms with Crippen LogP contribution >= 0.6 is 15.9 Å². The van der Waals surface area contributed by atoms with E-state index in [9.17, 15) is 9.90 Å². The van der Waals surface area contributed by atoms with Gasteiger partial charge in [-0.2, -0.15) is 0 Å². The molecule has 0 saturated heterocycles. The summed E-state index contributed by atoms with van der Waals surface area (Å²) in [5, 5.41) is 10.4. The second-order valence-corrected chi connectivity index (χ2v) is 4.11. The third-order valence-corrected chi connectivity index (χ3v) is 3.26. The van der Waals surface area contributed by atoms with Crippen molar-refractivity contribution in [1.82, 2.24) is 0 Å². The zero-order valence-electron chi connectivity index (χ0n) is 7.86. The van der Waals surface area contributed by atoms with E-state index in [2.05, 4.69) is 15.9 Å². The molecular formula is C11H5BrO4. The molecule has 2 aromatic heterocycles. The standard InChI is InChI=1S/C11H5BrO4/c12-8-6-2-4-15-9(6)7(11(13)14)5-1-3-16-10(5)8/h1-4H,(H,13,14). The number of carbonyl (C=O) groups is 1. The summed E-state index contributed by atoms with van der Waals surface area (Å²) < 4.78 is 11.2. The normalized spacial score (nSPS) is 11.3. The second kappa shape index (κ2) is 3.12. The number of fused-ring (bicyclic) bond motifs is 2. The first-order valence-electron chi connectivity index (χ1n) is 4.49. The lowest BCUT2D eigenvalue weighted by Crippen LogP contribution is -1.97. The monoisotopic (exact) mass is 280 g/mol. The molecule has 5 heteroatoms. The average molecular weight is 281 g/mol. The van der Waals surface area contributed by atoms with Gasteiger partial charge in [-0.15, -0.1) is 0 Å². The molecular weight excluding hydrogens is 276 g/mol. The molecule has 1 aromatic carbocycles. The van der Waals surface area contributed by atoms with Crippen molar-refractivity contribution in [3.8, 4) is 0 Å². The Hall–Kier alpha value is -1.75. The highest BCUT2D eigenvalue weighted by molar-refractivity contribution is 9.10. The first-order chi connectivity index (χ1) is 7.70. The van der Waals surface area contributed by atoms with Gasteiger partial charge in [0.05, 0.1) is 17.0 Å². The van der Waals surface area contributed by atoms with Gasteiger partial charge in [-0.25, -0.2) is 4.79 Å². The zero-order valence-corrected chi connectivity index (χ0v) is 9.45. The van der Waals surface area contributed by atoms with Crippen molar-refractivity contribution < 1.29 is 18.7 Å². The predicted molar refractivity (Wildman–Crippen MR) is 60.6 cm³/mol. The molecule has 0 bridgehead atoms. The second-order valence-electron chi connectivity index (χ2n) is 3.32. The van der Waals surface area contributed by atoms with Crippen molar-refractivity contribution in [2.75, 3.05) is 0 Å². The van der Waals surface area contributed by atoms with Crippen LogP contribution in [-0.4, -0.2) is 11.1 Å². The molecule has 80 valence electrons. The molecule has 16 heavy (non-hydrogen) atoms. The number of carboxylic acids is 1.